The van der Waals surface area contributed by atoms with Crippen molar-refractivity contribution in [2.24, 2.45) is 10.8 Å². The third-order valence-electron chi connectivity index (χ3n) is 5.51. The molecule has 0 fully saturated rings. The number of ether oxygens (including phenoxy) is 2. The van der Waals surface area contributed by atoms with Gasteiger partial charge >= 0.3 is 0 Å². The Morgan fingerprint density at radius 1 is 1.07 bits per heavy atom. The van der Waals surface area contributed by atoms with E-state index < -0.39 is 11.9 Å². The fourth-order valence-electron chi connectivity index (χ4n) is 3.92. The average Bonchev–Trinajstić information content (AvgIpc) is 3.23. The van der Waals surface area contributed by atoms with Crippen LogP contribution < -0.4 is 20.2 Å². The van der Waals surface area contributed by atoms with Crippen molar-refractivity contribution in [3.63, 3.8) is 0 Å². The number of amides is 2. The Morgan fingerprint density at radius 3 is 2.37 bits per heavy atom. The van der Waals surface area contributed by atoms with Gasteiger partial charge < -0.3 is 20.1 Å². The van der Waals surface area contributed by atoms with Crippen molar-refractivity contribution in [3.8, 4) is 11.5 Å². The third kappa shape index (κ3) is 3.56. The molecule has 1 atom stereocenters. The molecule has 156 valence electrons. The highest BCUT2D eigenvalue weighted by molar-refractivity contribution is 6.40. The Balaban J connectivity index is 1.57. The van der Waals surface area contributed by atoms with E-state index in [-0.39, 0.29) is 12.3 Å². The van der Waals surface area contributed by atoms with E-state index in [4.69, 9.17) is 15.2 Å². The Labute approximate surface area is 174 Å². The molecule has 0 saturated heterocycles. The van der Waals surface area contributed by atoms with E-state index in [9.17, 15) is 9.59 Å². The lowest BCUT2D eigenvalue weighted by Gasteiger charge is -2.29. The number of methoxy groups -OCH3 is 2. The molecule has 2 heterocycles. The minimum absolute atomic E-state index is 0.180. The van der Waals surface area contributed by atoms with Gasteiger partial charge in [-0.05, 0) is 41.8 Å². The van der Waals surface area contributed by atoms with Gasteiger partial charge in [-0.3, -0.25) is 14.6 Å². The first kappa shape index (κ1) is 19.8. The standard InChI is InChI=1S/C22H24N4O4/c1-29-19-10-14-8-9-25(13-15(14)11-20(19)30-2)22(28)17-12-18(21(23)27)26(24-17)16-6-4-3-5-7-16/h3-7,10-11,18H,8-9,12-13H2,1-2H3,(H2,23,27). The number of nitrogens with two attached hydrogens (primary N) is 1. The normalized spacial score (nSPS) is 17.9. The van der Waals surface area contributed by atoms with Crippen LogP contribution in [0.3, 0.4) is 0 Å². The fourth-order valence-corrected chi connectivity index (χ4v) is 3.92. The number of carbonyl (C=O) groups excluding carboxylic acids is 2. The van der Waals surface area contributed by atoms with E-state index in [1.807, 2.05) is 42.5 Å². The number of anilines is 1. The van der Waals surface area contributed by atoms with E-state index >= 15 is 0 Å². The summed E-state index contributed by atoms with van der Waals surface area (Å²) in [5.74, 6) is 0.623. The highest BCUT2D eigenvalue weighted by Crippen LogP contribution is 2.33. The van der Waals surface area contributed by atoms with Gasteiger partial charge in [0.2, 0.25) is 5.91 Å². The summed E-state index contributed by atoms with van der Waals surface area (Å²) >= 11 is 0. The third-order valence-corrected chi connectivity index (χ3v) is 5.51. The largest absolute Gasteiger partial charge is 0.493 e. The van der Waals surface area contributed by atoms with Gasteiger partial charge in [-0.15, -0.1) is 0 Å². The lowest BCUT2D eigenvalue weighted by atomic mass is 9.98. The molecule has 4 rings (SSSR count). The van der Waals surface area contributed by atoms with Gasteiger partial charge in [-0.1, -0.05) is 18.2 Å². The number of hydrogen-bond donors (Lipinski definition) is 1. The van der Waals surface area contributed by atoms with E-state index in [1.165, 1.54) is 0 Å². The van der Waals surface area contributed by atoms with Crippen molar-refractivity contribution in [2.45, 2.75) is 25.4 Å². The second kappa shape index (κ2) is 8.06. The van der Waals surface area contributed by atoms with Crippen LogP contribution >= 0.6 is 0 Å². The maximum absolute atomic E-state index is 13.2. The van der Waals surface area contributed by atoms with Crippen molar-refractivity contribution < 1.29 is 19.1 Å². The molecule has 1 unspecified atom stereocenters. The molecule has 0 aliphatic carbocycles. The molecular formula is C22H24N4O4. The summed E-state index contributed by atoms with van der Waals surface area (Å²) in [5.41, 5.74) is 8.79. The van der Waals surface area contributed by atoms with Gasteiger partial charge in [0.15, 0.2) is 11.5 Å². The first-order valence-corrected chi connectivity index (χ1v) is 9.76. The van der Waals surface area contributed by atoms with Crippen LogP contribution in [0.4, 0.5) is 5.69 Å². The number of benzene rings is 2. The summed E-state index contributed by atoms with van der Waals surface area (Å²) in [7, 11) is 3.19. The van der Waals surface area contributed by atoms with Crippen LogP contribution in [0, 0.1) is 0 Å². The Hall–Kier alpha value is -3.55. The highest BCUT2D eigenvalue weighted by atomic mass is 16.5. The summed E-state index contributed by atoms with van der Waals surface area (Å²) in [5, 5.41) is 6.01. The molecule has 0 bridgehead atoms. The Morgan fingerprint density at radius 2 is 1.73 bits per heavy atom. The van der Waals surface area contributed by atoms with Gasteiger partial charge in [0, 0.05) is 19.5 Å². The number of hydrogen-bond acceptors (Lipinski definition) is 6. The lowest BCUT2D eigenvalue weighted by Crippen LogP contribution is -2.41. The van der Waals surface area contributed by atoms with E-state index in [0.717, 1.165) is 16.8 Å². The smallest absolute Gasteiger partial charge is 0.270 e. The Kier molecular flexibility index (Phi) is 5.31. The summed E-state index contributed by atoms with van der Waals surface area (Å²) < 4.78 is 10.8. The average molecular weight is 408 g/mol. The van der Waals surface area contributed by atoms with Crippen LogP contribution in [0.25, 0.3) is 0 Å². The quantitative estimate of drug-likeness (QED) is 0.812. The van der Waals surface area contributed by atoms with Crippen molar-refractivity contribution in [1.82, 2.24) is 4.90 Å². The molecule has 2 N–H and O–H groups in total. The van der Waals surface area contributed by atoms with Crippen LogP contribution in [0.2, 0.25) is 0 Å². The van der Waals surface area contributed by atoms with Gasteiger partial charge in [-0.2, -0.15) is 5.10 Å². The predicted octanol–water partition coefficient (Wildman–Crippen LogP) is 1.71. The first-order chi connectivity index (χ1) is 14.5. The second-order valence-electron chi connectivity index (χ2n) is 7.30. The molecule has 0 saturated carbocycles. The SMILES string of the molecule is COc1cc2c(cc1OC)CN(C(=O)C1=NN(c3ccccc3)C(C(N)=O)C1)CC2. The van der Waals surface area contributed by atoms with E-state index in [0.29, 0.717) is 36.7 Å². The number of para-hydroxylation sites is 1. The number of primary amides is 1. The van der Waals surface area contributed by atoms with E-state index in [2.05, 4.69) is 5.10 Å². The highest BCUT2D eigenvalue weighted by Gasteiger charge is 2.37. The van der Waals surface area contributed by atoms with Crippen molar-refractivity contribution in [2.75, 3.05) is 25.8 Å². The molecule has 2 aliphatic heterocycles. The molecular weight excluding hydrogens is 384 g/mol. The summed E-state index contributed by atoms with van der Waals surface area (Å²) in [4.78, 5) is 26.9. The number of carbonyl (C=O) groups is 2. The van der Waals surface area contributed by atoms with Crippen LogP contribution in [0.15, 0.2) is 47.6 Å². The first-order valence-electron chi connectivity index (χ1n) is 9.76. The van der Waals surface area contributed by atoms with Crippen LogP contribution in [-0.2, 0) is 22.6 Å². The Bertz CT molecular complexity index is 1010. The van der Waals surface area contributed by atoms with Crippen molar-refractivity contribution in [3.05, 3.63) is 53.6 Å². The summed E-state index contributed by atoms with van der Waals surface area (Å²) in [6, 6.07) is 12.5. The monoisotopic (exact) mass is 408 g/mol. The molecule has 8 heteroatoms. The zero-order valence-corrected chi connectivity index (χ0v) is 17.0. The summed E-state index contributed by atoms with van der Waals surface area (Å²) in [6.45, 7) is 1.01. The molecule has 30 heavy (non-hydrogen) atoms. The van der Waals surface area contributed by atoms with Crippen LogP contribution in [0.1, 0.15) is 17.5 Å². The van der Waals surface area contributed by atoms with Crippen molar-refractivity contribution in [1.29, 1.82) is 0 Å². The topological polar surface area (TPSA) is 97.5 Å². The molecule has 0 radical (unpaired) electrons. The maximum Gasteiger partial charge on any atom is 0.270 e. The van der Waals surface area contributed by atoms with Gasteiger partial charge in [0.05, 0.1) is 19.9 Å². The maximum atomic E-state index is 13.2. The fraction of sp³-hybridized carbons (Fsp3) is 0.318. The summed E-state index contributed by atoms with van der Waals surface area (Å²) in [6.07, 6.45) is 0.898. The molecule has 2 amide bonds. The molecule has 0 aromatic heterocycles. The molecule has 0 spiro atoms. The molecule has 2 aliphatic rings. The zero-order chi connectivity index (χ0) is 21.3. The molecule has 8 nitrogen and oxygen atoms in total. The van der Waals surface area contributed by atoms with E-state index in [1.54, 1.807) is 24.1 Å². The molecule has 2 aromatic carbocycles. The van der Waals surface area contributed by atoms with Crippen molar-refractivity contribution >= 4 is 23.2 Å². The van der Waals surface area contributed by atoms with Gasteiger partial charge in [-0.25, -0.2) is 0 Å². The minimum atomic E-state index is -0.673. The van der Waals surface area contributed by atoms with Gasteiger partial charge in [0.25, 0.3) is 5.91 Å². The number of fused-ring (bicyclic) bond motifs is 1. The second-order valence-corrected chi connectivity index (χ2v) is 7.30. The lowest BCUT2D eigenvalue weighted by molar-refractivity contribution is -0.125. The van der Waals surface area contributed by atoms with Crippen LogP contribution in [-0.4, -0.2) is 49.2 Å². The molecule has 2 aromatic rings. The number of hydrazone groups is 1. The minimum Gasteiger partial charge on any atom is -0.493 e. The van der Waals surface area contributed by atoms with Gasteiger partial charge in [0.1, 0.15) is 11.8 Å². The predicted molar refractivity (Wildman–Crippen MR) is 113 cm³/mol. The zero-order valence-electron chi connectivity index (χ0n) is 17.0. The number of rotatable bonds is 5. The number of nitrogens with zero attached hydrogens (tertiary/aromatic N) is 3. The van der Waals surface area contributed by atoms with Crippen LogP contribution in [0.5, 0.6) is 11.5 Å².